The summed E-state index contributed by atoms with van der Waals surface area (Å²) < 4.78 is 0. The summed E-state index contributed by atoms with van der Waals surface area (Å²) in [7, 11) is 0. The van der Waals surface area contributed by atoms with E-state index in [2.05, 4.69) is 36.4 Å². The fourth-order valence-electron chi connectivity index (χ4n) is 1.76. The zero-order chi connectivity index (χ0) is 11.9. The molecule has 0 saturated heterocycles. The van der Waals surface area contributed by atoms with Crippen molar-refractivity contribution in [1.82, 2.24) is 0 Å². The van der Waals surface area contributed by atoms with Crippen LogP contribution in [0.4, 0.5) is 0 Å². The quantitative estimate of drug-likeness (QED) is 0.789. The summed E-state index contributed by atoms with van der Waals surface area (Å²) in [6, 6.07) is 18.9. The van der Waals surface area contributed by atoms with Gasteiger partial charge in [0.1, 0.15) is 0 Å². The highest BCUT2D eigenvalue weighted by Gasteiger charge is 1.96. The Kier molecular flexibility index (Phi) is 4.11. The van der Waals surface area contributed by atoms with Gasteiger partial charge in [-0.05, 0) is 23.1 Å². The lowest BCUT2D eigenvalue weighted by molar-refractivity contribution is 0.342. The van der Waals surface area contributed by atoms with E-state index in [0.29, 0.717) is 0 Å². The largest absolute Gasteiger partial charge is 0.392 e. The SMILES string of the molecule is OCC=CCc1ccc(-c2ccccc2)cc1. The lowest BCUT2D eigenvalue weighted by atomic mass is 10.0. The summed E-state index contributed by atoms with van der Waals surface area (Å²) in [6.07, 6.45) is 4.62. The van der Waals surface area contributed by atoms with Crippen molar-refractivity contribution in [1.29, 1.82) is 0 Å². The second-order valence-electron chi connectivity index (χ2n) is 3.92. The van der Waals surface area contributed by atoms with Crippen LogP contribution in [0.15, 0.2) is 66.7 Å². The average Bonchev–Trinajstić information content (AvgIpc) is 2.41. The van der Waals surface area contributed by atoms with Crippen molar-refractivity contribution in [3.63, 3.8) is 0 Å². The second-order valence-corrected chi connectivity index (χ2v) is 3.92. The molecule has 2 aromatic carbocycles. The number of hydrogen-bond donors (Lipinski definition) is 1. The molecule has 0 amide bonds. The molecule has 1 heteroatoms. The fraction of sp³-hybridized carbons (Fsp3) is 0.125. The maximum Gasteiger partial charge on any atom is 0.0612 e. The predicted molar refractivity (Wildman–Crippen MR) is 71.8 cm³/mol. The van der Waals surface area contributed by atoms with E-state index in [9.17, 15) is 0 Å². The average molecular weight is 224 g/mol. The van der Waals surface area contributed by atoms with Gasteiger partial charge in [-0.25, -0.2) is 0 Å². The molecule has 86 valence electrons. The van der Waals surface area contributed by atoms with Gasteiger partial charge in [0.05, 0.1) is 6.61 Å². The first-order chi connectivity index (χ1) is 8.40. The summed E-state index contributed by atoms with van der Waals surface area (Å²) in [6.45, 7) is 0.113. The second kappa shape index (κ2) is 6.02. The van der Waals surface area contributed by atoms with Gasteiger partial charge in [0.25, 0.3) is 0 Å². The zero-order valence-electron chi connectivity index (χ0n) is 9.71. The molecule has 0 aliphatic heterocycles. The first-order valence-electron chi connectivity index (χ1n) is 5.80. The maximum atomic E-state index is 8.65. The van der Waals surface area contributed by atoms with Gasteiger partial charge in [-0.2, -0.15) is 0 Å². The van der Waals surface area contributed by atoms with E-state index in [1.54, 1.807) is 6.08 Å². The Balaban J connectivity index is 2.11. The van der Waals surface area contributed by atoms with Crippen molar-refractivity contribution < 1.29 is 5.11 Å². The maximum absolute atomic E-state index is 8.65. The van der Waals surface area contributed by atoms with E-state index in [-0.39, 0.29) is 6.61 Å². The molecule has 1 nitrogen and oxygen atoms in total. The van der Waals surface area contributed by atoms with Crippen LogP contribution in [0.25, 0.3) is 11.1 Å². The molecule has 0 radical (unpaired) electrons. The van der Waals surface area contributed by atoms with Crippen LogP contribution in [0, 0.1) is 0 Å². The molecule has 0 unspecified atom stereocenters. The molecule has 0 atom stereocenters. The summed E-state index contributed by atoms with van der Waals surface area (Å²) in [5.41, 5.74) is 3.74. The summed E-state index contributed by atoms with van der Waals surface area (Å²) >= 11 is 0. The van der Waals surface area contributed by atoms with Gasteiger partial charge in [0.2, 0.25) is 0 Å². The van der Waals surface area contributed by atoms with Gasteiger partial charge in [0.15, 0.2) is 0 Å². The zero-order valence-corrected chi connectivity index (χ0v) is 9.71. The molecular weight excluding hydrogens is 208 g/mol. The van der Waals surface area contributed by atoms with E-state index >= 15 is 0 Å². The topological polar surface area (TPSA) is 20.2 Å². The van der Waals surface area contributed by atoms with Crippen molar-refractivity contribution >= 4 is 0 Å². The van der Waals surface area contributed by atoms with Crippen LogP contribution in [0.3, 0.4) is 0 Å². The molecule has 0 aliphatic carbocycles. The van der Waals surface area contributed by atoms with Crippen LogP contribution in [0.1, 0.15) is 5.56 Å². The molecule has 17 heavy (non-hydrogen) atoms. The van der Waals surface area contributed by atoms with Crippen molar-refractivity contribution in [2.24, 2.45) is 0 Å². The Morgan fingerprint density at radius 2 is 1.41 bits per heavy atom. The van der Waals surface area contributed by atoms with Crippen LogP contribution < -0.4 is 0 Å². The smallest absolute Gasteiger partial charge is 0.0612 e. The lowest BCUT2D eigenvalue weighted by Crippen LogP contribution is -1.83. The summed E-state index contributed by atoms with van der Waals surface area (Å²) in [4.78, 5) is 0. The van der Waals surface area contributed by atoms with E-state index < -0.39 is 0 Å². The minimum atomic E-state index is 0.113. The van der Waals surface area contributed by atoms with Gasteiger partial charge in [-0.3, -0.25) is 0 Å². The standard InChI is InChI=1S/C16H16O/c17-13-5-4-6-14-9-11-16(12-10-14)15-7-2-1-3-8-15/h1-5,7-12,17H,6,13H2. The fourth-order valence-corrected chi connectivity index (χ4v) is 1.76. The Morgan fingerprint density at radius 1 is 0.765 bits per heavy atom. The highest BCUT2D eigenvalue weighted by atomic mass is 16.2. The molecule has 0 saturated carbocycles. The minimum absolute atomic E-state index is 0.113. The lowest BCUT2D eigenvalue weighted by Gasteiger charge is -2.02. The third-order valence-corrected chi connectivity index (χ3v) is 2.69. The molecule has 0 fully saturated rings. The highest BCUT2D eigenvalue weighted by Crippen LogP contribution is 2.19. The van der Waals surface area contributed by atoms with E-state index in [1.165, 1.54) is 16.7 Å². The van der Waals surface area contributed by atoms with Crippen molar-refractivity contribution in [2.75, 3.05) is 6.61 Å². The third kappa shape index (κ3) is 3.30. The Bertz CT molecular complexity index is 469. The van der Waals surface area contributed by atoms with Gasteiger partial charge < -0.3 is 5.11 Å². The summed E-state index contributed by atoms with van der Waals surface area (Å²) in [5, 5.41) is 8.65. The number of aliphatic hydroxyl groups is 1. The Morgan fingerprint density at radius 3 is 2.06 bits per heavy atom. The molecule has 0 aliphatic rings. The van der Waals surface area contributed by atoms with Crippen LogP contribution in [0.5, 0.6) is 0 Å². The molecule has 0 spiro atoms. The number of rotatable bonds is 4. The molecule has 0 aromatic heterocycles. The van der Waals surface area contributed by atoms with Crippen molar-refractivity contribution in [3.8, 4) is 11.1 Å². The molecule has 0 heterocycles. The number of hydrogen-bond acceptors (Lipinski definition) is 1. The van der Waals surface area contributed by atoms with E-state index in [0.717, 1.165) is 6.42 Å². The van der Waals surface area contributed by atoms with Gasteiger partial charge in [0, 0.05) is 0 Å². The number of allylic oxidation sites excluding steroid dienone is 1. The monoisotopic (exact) mass is 224 g/mol. The van der Waals surface area contributed by atoms with Crippen LogP contribution in [0.2, 0.25) is 0 Å². The minimum Gasteiger partial charge on any atom is -0.392 e. The van der Waals surface area contributed by atoms with Gasteiger partial charge in [-0.1, -0.05) is 66.7 Å². The molecule has 2 aromatic rings. The normalized spacial score (nSPS) is 10.9. The first kappa shape index (κ1) is 11.6. The predicted octanol–water partition coefficient (Wildman–Crippen LogP) is 3.44. The molecular formula is C16H16O. The molecule has 1 N–H and O–H groups in total. The number of benzene rings is 2. The van der Waals surface area contributed by atoms with E-state index in [1.807, 2.05) is 24.3 Å². The van der Waals surface area contributed by atoms with Gasteiger partial charge >= 0.3 is 0 Å². The Labute approximate surface area is 102 Å². The van der Waals surface area contributed by atoms with Crippen molar-refractivity contribution in [2.45, 2.75) is 6.42 Å². The number of aliphatic hydroxyl groups excluding tert-OH is 1. The first-order valence-corrected chi connectivity index (χ1v) is 5.80. The van der Waals surface area contributed by atoms with E-state index in [4.69, 9.17) is 5.11 Å². The van der Waals surface area contributed by atoms with Crippen LogP contribution >= 0.6 is 0 Å². The molecule has 2 rings (SSSR count). The molecule has 0 bridgehead atoms. The van der Waals surface area contributed by atoms with Crippen LogP contribution in [-0.4, -0.2) is 11.7 Å². The third-order valence-electron chi connectivity index (χ3n) is 2.69. The van der Waals surface area contributed by atoms with Gasteiger partial charge in [-0.15, -0.1) is 0 Å². The highest BCUT2D eigenvalue weighted by molar-refractivity contribution is 5.63. The van der Waals surface area contributed by atoms with Crippen LogP contribution in [-0.2, 0) is 6.42 Å². The Hall–Kier alpha value is -1.86. The van der Waals surface area contributed by atoms with Crippen molar-refractivity contribution in [3.05, 3.63) is 72.3 Å². The summed E-state index contributed by atoms with van der Waals surface area (Å²) in [5.74, 6) is 0.